The first-order chi connectivity index (χ1) is 14.1. The molecule has 2 aromatic carbocycles. The van der Waals surface area contributed by atoms with Crippen LogP contribution in [0.15, 0.2) is 65.7 Å². The zero-order valence-electron chi connectivity index (χ0n) is 15.5. The van der Waals surface area contributed by atoms with Gasteiger partial charge in [-0.25, -0.2) is 19.3 Å². The van der Waals surface area contributed by atoms with Crippen LogP contribution in [0.25, 0.3) is 31.8 Å². The predicted octanol–water partition coefficient (Wildman–Crippen LogP) is 4.56. The number of halogens is 1. The monoisotopic (exact) mass is 402 g/mol. The third-order valence-corrected chi connectivity index (χ3v) is 5.88. The highest BCUT2D eigenvalue weighted by atomic mass is 32.1. The number of rotatable bonds is 3. The van der Waals surface area contributed by atoms with Gasteiger partial charge < -0.3 is 0 Å². The highest BCUT2D eigenvalue weighted by molar-refractivity contribution is 7.25. The Labute approximate surface area is 169 Å². The van der Waals surface area contributed by atoms with Crippen LogP contribution >= 0.6 is 11.3 Å². The molecule has 0 atom stereocenters. The quantitative estimate of drug-likeness (QED) is 0.444. The van der Waals surface area contributed by atoms with Gasteiger partial charge in [0.15, 0.2) is 5.82 Å². The molecule has 7 heteroatoms. The molecule has 29 heavy (non-hydrogen) atoms. The Kier molecular flexibility index (Phi) is 4.17. The van der Waals surface area contributed by atoms with E-state index in [0.717, 1.165) is 21.5 Å². The van der Waals surface area contributed by atoms with Crippen molar-refractivity contribution in [2.45, 2.75) is 13.5 Å². The van der Waals surface area contributed by atoms with E-state index in [4.69, 9.17) is 0 Å². The molecule has 0 aliphatic rings. The number of aryl methyl sites for hydroxylation is 1. The lowest BCUT2D eigenvalue weighted by molar-refractivity contribution is 0.595. The van der Waals surface area contributed by atoms with Gasteiger partial charge in [-0.05, 0) is 13.0 Å². The minimum absolute atomic E-state index is 0.128. The number of hydrogen-bond donors (Lipinski definition) is 0. The Hall–Kier alpha value is -3.45. The van der Waals surface area contributed by atoms with Gasteiger partial charge in [-0.3, -0.25) is 9.36 Å². The van der Waals surface area contributed by atoms with Gasteiger partial charge in [0.1, 0.15) is 15.3 Å². The van der Waals surface area contributed by atoms with Crippen LogP contribution in [0, 0.1) is 12.7 Å². The average molecular weight is 402 g/mol. The summed E-state index contributed by atoms with van der Waals surface area (Å²) in [5.41, 5.74) is 2.52. The maximum atomic E-state index is 14.0. The molecule has 142 valence electrons. The zero-order chi connectivity index (χ0) is 20.0. The molecule has 0 saturated carbocycles. The van der Waals surface area contributed by atoms with Crippen LogP contribution in [0.4, 0.5) is 4.39 Å². The lowest BCUT2D eigenvalue weighted by Gasteiger charge is -2.06. The van der Waals surface area contributed by atoms with E-state index in [1.54, 1.807) is 18.2 Å². The van der Waals surface area contributed by atoms with Crippen molar-refractivity contribution < 1.29 is 4.39 Å². The van der Waals surface area contributed by atoms with Crippen LogP contribution in [-0.4, -0.2) is 19.5 Å². The molecule has 0 amide bonds. The van der Waals surface area contributed by atoms with E-state index in [1.165, 1.54) is 28.3 Å². The van der Waals surface area contributed by atoms with Crippen molar-refractivity contribution in [3.8, 4) is 11.4 Å². The number of benzene rings is 2. The highest BCUT2D eigenvalue weighted by Gasteiger charge is 2.17. The summed E-state index contributed by atoms with van der Waals surface area (Å²) < 4.78 is 15.9. The fourth-order valence-corrected chi connectivity index (χ4v) is 4.50. The predicted molar refractivity (Wildman–Crippen MR) is 113 cm³/mol. The van der Waals surface area contributed by atoms with Crippen molar-refractivity contribution >= 4 is 31.8 Å². The molecule has 0 spiro atoms. The highest BCUT2D eigenvalue weighted by Crippen LogP contribution is 2.32. The first-order valence-electron chi connectivity index (χ1n) is 9.07. The van der Waals surface area contributed by atoms with Gasteiger partial charge in [-0.2, -0.15) is 0 Å². The van der Waals surface area contributed by atoms with Gasteiger partial charge in [-0.1, -0.05) is 48.5 Å². The maximum absolute atomic E-state index is 14.0. The molecule has 5 aromatic rings. The standard InChI is InChI=1S/C22H15FN4OS/c1-13-17-18-19(29-21(17)26-20(25-13)14-7-3-2-4-8-14)22(28)27(12-24-18)11-15-9-5-6-10-16(15)23/h2-10,12H,11H2,1H3. The third-order valence-electron chi connectivity index (χ3n) is 4.82. The molecular formula is C22H15FN4OS. The van der Waals surface area contributed by atoms with Gasteiger partial charge in [0.2, 0.25) is 0 Å². The molecule has 3 aromatic heterocycles. The number of hydrogen-bond acceptors (Lipinski definition) is 5. The summed E-state index contributed by atoms with van der Waals surface area (Å²) in [6.07, 6.45) is 1.47. The molecule has 5 rings (SSSR count). The summed E-state index contributed by atoms with van der Waals surface area (Å²) in [6, 6.07) is 16.1. The van der Waals surface area contributed by atoms with Crippen molar-refractivity contribution in [2.75, 3.05) is 0 Å². The average Bonchev–Trinajstić information content (AvgIpc) is 3.12. The third kappa shape index (κ3) is 3.00. The minimum Gasteiger partial charge on any atom is -0.293 e. The number of aromatic nitrogens is 4. The second-order valence-corrected chi connectivity index (χ2v) is 7.73. The lowest BCUT2D eigenvalue weighted by atomic mass is 10.2. The summed E-state index contributed by atoms with van der Waals surface area (Å²) in [5.74, 6) is 0.277. The number of fused-ring (bicyclic) bond motifs is 3. The van der Waals surface area contributed by atoms with Gasteiger partial charge in [0, 0.05) is 11.1 Å². The van der Waals surface area contributed by atoms with Crippen LogP contribution < -0.4 is 5.56 Å². The normalized spacial score (nSPS) is 11.4. The topological polar surface area (TPSA) is 60.7 Å². The van der Waals surface area contributed by atoms with Gasteiger partial charge >= 0.3 is 0 Å². The molecule has 3 heterocycles. The van der Waals surface area contributed by atoms with Crippen LogP contribution in [0.3, 0.4) is 0 Å². The van der Waals surface area contributed by atoms with E-state index in [9.17, 15) is 9.18 Å². The summed E-state index contributed by atoms with van der Waals surface area (Å²) in [4.78, 5) is 27.5. The summed E-state index contributed by atoms with van der Waals surface area (Å²) >= 11 is 1.30. The Morgan fingerprint density at radius 3 is 2.59 bits per heavy atom. The van der Waals surface area contributed by atoms with E-state index in [-0.39, 0.29) is 17.9 Å². The van der Waals surface area contributed by atoms with Crippen molar-refractivity contribution in [2.24, 2.45) is 0 Å². The van der Waals surface area contributed by atoms with Crippen LogP contribution in [0.1, 0.15) is 11.3 Å². The Morgan fingerprint density at radius 2 is 1.79 bits per heavy atom. The summed E-state index contributed by atoms with van der Waals surface area (Å²) in [5, 5.41) is 0.792. The van der Waals surface area contributed by atoms with Crippen LogP contribution in [-0.2, 0) is 6.54 Å². The Morgan fingerprint density at radius 1 is 1.03 bits per heavy atom. The largest absolute Gasteiger partial charge is 0.293 e. The summed E-state index contributed by atoms with van der Waals surface area (Å²) in [6.45, 7) is 2.03. The Bertz CT molecular complexity index is 1430. The van der Waals surface area contributed by atoms with Crippen molar-refractivity contribution in [1.29, 1.82) is 0 Å². The van der Waals surface area contributed by atoms with E-state index >= 15 is 0 Å². The van der Waals surface area contributed by atoms with E-state index in [0.29, 0.717) is 21.6 Å². The zero-order valence-corrected chi connectivity index (χ0v) is 16.3. The first-order valence-corrected chi connectivity index (χ1v) is 9.88. The fraction of sp³-hybridized carbons (Fsp3) is 0.0909. The minimum atomic E-state index is -0.343. The first kappa shape index (κ1) is 17.6. The molecule has 0 aliphatic heterocycles. The van der Waals surface area contributed by atoms with Gasteiger partial charge in [-0.15, -0.1) is 11.3 Å². The van der Waals surface area contributed by atoms with Gasteiger partial charge in [0.25, 0.3) is 5.56 Å². The SMILES string of the molecule is Cc1nc(-c2ccccc2)nc2sc3c(=O)n(Cc4ccccc4F)cnc3c12. The molecule has 0 fully saturated rings. The van der Waals surface area contributed by atoms with E-state index in [2.05, 4.69) is 15.0 Å². The van der Waals surface area contributed by atoms with Gasteiger partial charge in [0.05, 0.1) is 29.5 Å². The van der Waals surface area contributed by atoms with E-state index in [1.807, 2.05) is 37.3 Å². The molecule has 0 radical (unpaired) electrons. The van der Waals surface area contributed by atoms with Crippen LogP contribution in [0.5, 0.6) is 0 Å². The molecule has 0 N–H and O–H groups in total. The molecule has 0 unspecified atom stereocenters. The molecule has 0 aliphatic carbocycles. The molecule has 0 bridgehead atoms. The lowest BCUT2D eigenvalue weighted by Crippen LogP contribution is -2.20. The molecular weight excluding hydrogens is 387 g/mol. The number of thiophene rings is 1. The maximum Gasteiger partial charge on any atom is 0.271 e. The smallest absolute Gasteiger partial charge is 0.271 e. The Balaban J connectivity index is 1.68. The molecule has 0 saturated heterocycles. The van der Waals surface area contributed by atoms with Crippen molar-refractivity contribution in [3.63, 3.8) is 0 Å². The van der Waals surface area contributed by atoms with E-state index < -0.39 is 0 Å². The van der Waals surface area contributed by atoms with Crippen molar-refractivity contribution in [3.05, 3.63) is 88.4 Å². The number of nitrogens with zero attached hydrogens (tertiary/aromatic N) is 4. The van der Waals surface area contributed by atoms with Crippen molar-refractivity contribution in [1.82, 2.24) is 19.5 Å². The molecule has 5 nitrogen and oxygen atoms in total. The second kappa shape index (κ2) is 6.86. The second-order valence-electron chi connectivity index (χ2n) is 6.73. The fourth-order valence-electron chi connectivity index (χ4n) is 3.37. The van der Waals surface area contributed by atoms with Crippen LogP contribution in [0.2, 0.25) is 0 Å². The summed E-state index contributed by atoms with van der Waals surface area (Å²) in [7, 11) is 0.